The molecule has 1 unspecified atom stereocenters. The minimum absolute atomic E-state index is 0.0993. The Morgan fingerprint density at radius 1 is 0.297 bits per heavy atom. The summed E-state index contributed by atoms with van der Waals surface area (Å²) in [4.78, 5) is 38.0. The van der Waals surface area contributed by atoms with Crippen molar-refractivity contribution in [3.8, 4) is 0 Å². The minimum atomic E-state index is -0.827. The molecule has 0 aromatic heterocycles. The topological polar surface area (TPSA) is 78.9 Å². The Kier molecular flexibility index (Phi) is 59.3. The van der Waals surface area contributed by atoms with Gasteiger partial charge in [-0.25, -0.2) is 0 Å². The summed E-state index contributed by atoms with van der Waals surface area (Å²) in [5.41, 5.74) is 0. The average Bonchev–Trinajstić information content (AvgIpc) is 3.40. The van der Waals surface area contributed by atoms with E-state index in [1.807, 2.05) is 6.08 Å². The smallest absolute Gasteiger partial charge is 0.310 e. The van der Waals surface area contributed by atoms with E-state index in [1.54, 1.807) is 6.08 Å². The first-order valence-corrected chi connectivity index (χ1v) is 31.6. The van der Waals surface area contributed by atoms with Crippen molar-refractivity contribution in [1.29, 1.82) is 0 Å². The van der Waals surface area contributed by atoms with Crippen molar-refractivity contribution in [3.63, 3.8) is 0 Å². The Morgan fingerprint density at radius 2 is 0.568 bits per heavy atom. The third-order valence-electron chi connectivity index (χ3n) is 13.7. The highest BCUT2D eigenvalue weighted by molar-refractivity contribution is 5.72. The van der Waals surface area contributed by atoms with Crippen molar-refractivity contribution >= 4 is 17.9 Å². The van der Waals surface area contributed by atoms with Crippen LogP contribution in [0.4, 0.5) is 0 Å². The van der Waals surface area contributed by atoms with Crippen LogP contribution in [0.2, 0.25) is 0 Å². The SMILES string of the molecule is CC/C=C\C/C=C\C/C=C\C/C=C\C/C=C\CC(=O)OC(COC(=O)CCCCCCCCCCCC)COC(=O)CCCCCCCCCCCCCCCCCCCCC/C=C\C/C=C\CCCCCCC. The van der Waals surface area contributed by atoms with Crippen LogP contribution in [0.15, 0.2) is 85.1 Å². The molecular weight excluding hydrogens is 913 g/mol. The van der Waals surface area contributed by atoms with Crippen molar-refractivity contribution in [2.75, 3.05) is 13.2 Å². The van der Waals surface area contributed by atoms with Gasteiger partial charge in [-0.2, -0.15) is 0 Å². The van der Waals surface area contributed by atoms with Crippen molar-refractivity contribution < 1.29 is 28.6 Å². The normalized spacial score (nSPS) is 12.6. The maximum absolute atomic E-state index is 12.8. The van der Waals surface area contributed by atoms with Gasteiger partial charge in [0.25, 0.3) is 0 Å². The van der Waals surface area contributed by atoms with E-state index in [4.69, 9.17) is 14.2 Å². The number of unbranched alkanes of at least 4 members (excludes halogenated alkanes) is 33. The monoisotopic (exact) mass is 1030 g/mol. The molecule has 0 aliphatic heterocycles. The first kappa shape index (κ1) is 70.6. The van der Waals surface area contributed by atoms with Gasteiger partial charge in [0.05, 0.1) is 6.42 Å². The fourth-order valence-corrected chi connectivity index (χ4v) is 8.96. The highest BCUT2D eigenvalue weighted by Gasteiger charge is 2.19. The van der Waals surface area contributed by atoms with E-state index in [2.05, 4.69) is 93.7 Å². The summed E-state index contributed by atoms with van der Waals surface area (Å²) >= 11 is 0. The molecule has 6 heteroatoms. The largest absolute Gasteiger partial charge is 0.462 e. The van der Waals surface area contributed by atoms with Gasteiger partial charge in [0, 0.05) is 12.8 Å². The molecule has 0 saturated carbocycles. The molecule has 6 nitrogen and oxygen atoms in total. The molecule has 0 heterocycles. The number of esters is 3. The van der Waals surface area contributed by atoms with Gasteiger partial charge in [-0.1, -0.05) is 298 Å². The molecule has 426 valence electrons. The molecule has 0 amide bonds. The maximum atomic E-state index is 12.8. The van der Waals surface area contributed by atoms with Crippen LogP contribution in [-0.4, -0.2) is 37.2 Å². The number of rotatable bonds is 57. The molecule has 0 aromatic rings. The van der Waals surface area contributed by atoms with Crippen molar-refractivity contribution in [2.45, 2.75) is 316 Å². The molecule has 74 heavy (non-hydrogen) atoms. The van der Waals surface area contributed by atoms with Gasteiger partial charge in [0.2, 0.25) is 0 Å². The zero-order chi connectivity index (χ0) is 53.6. The Balaban J connectivity index is 4.16. The van der Waals surface area contributed by atoms with E-state index in [-0.39, 0.29) is 31.6 Å². The van der Waals surface area contributed by atoms with E-state index >= 15 is 0 Å². The van der Waals surface area contributed by atoms with Crippen LogP contribution in [0.3, 0.4) is 0 Å². The minimum Gasteiger partial charge on any atom is -0.462 e. The number of carbonyl (C=O) groups is 3. The zero-order valence-corrected chi connectivity index (χ0v) is 48.8. The number of carbonyl (C=O) groups excluding carboxylic acids is 3. The molecule has 0 aliphatic rings. The summed E-state index contributed by atoms with van der Waals surface area (Å²) in [7, 11) is 0. The Hall–Kier alpha value is -3.41. The van der Waals surface area contributed by atoms with Gasteiger partial charge < -0.3 is 14.2 Å². The summed E-state index contributed by atoms with van der Waals surface area (Å²) in [5, 5.41) is 0. The summed E-state index contributed by atoms with van der Waals surface area (Å²) in [6, 6.07) is 0. The lowest BCUT2D eigenvalue weighted by atomic mass is 10.0. The predicted molar refractivity (Wildman–Crippen MR) is 321 cm³/mol. The number of hydrogen-bond donors (Lipinski definition) is 0. The Morgan fingerprint density at radius 3 is 0.892 bits per heavy atom. The van der Waals surface area contributed by atoms with Crippen LogP contribution >= 0.6 is 0 Å². The van der Waals surface area contributed by atoms with Gasteiger partial charge in [-0.15, -0.1) is 0 Å². The first-order valence-electron chi connectivity index (χ1n) is 31.6. The summed E-state index contributed by atoms with van der Waals surface area (Å²) in [6.07, 6.45) is 82.1. The lowest BCUT2D eigenvalue weighted by Gasteiger charge is -2.18. The van der Waals surface area contributed by atoms with E-state index in [9.17, 15) is 14.4 Å². The third-order valence-corrected chi connectivity index (χ3v) is 13.7. The second-order valence-electron chi connectivity index (χ2n) is 21.0. The van der Waals surface area contributed by atoms with Crippen LogP contribution in [0.5, 0.6) is 0 Å². The molecule has 0 fully saturated rings. The van der Waals surface area contributed by atoms with Crippen molar-refractivity contribution in [1.82, 2.24) is 0 Å². The molecule has 0 aromatic carbocycles. The van der Waals surface area contributed by atoms with E-state index < -0.39 is 12.1 Å². The molecule has 0 aliphatic carbocycles. The lowest BCUT2D eigenvalue weighted by molar-refractivity contribution is -0.166. The Labute approximate surface area is 458 Å². The van der Waals surface area contributed by atoms with Crippen LogP contribution in [0.25, 0.3) is 0 Å². The second-order valence-corrected chi connectivity index (χ2v) is 21.0. The van der Waals surface area contributed by atoms with Crippen LogP contribution in [-0.2, 0) is 28.6 Å². The van der Waals surface area contributed by atoms with Crippen LogP contribution < -0.4 is 0 Å². The highest BCUT2D eigenvalue weighted by Crippen LogP contribution is 2.17. The van der Waals surface area contributed by atoms with Gasteiger partial charge in [0.15, 0.2) is 6.10 Å². The van der Waals surface area contributed by atoms with Crippen molar-refractivity contribution in [2.24, 2.45) is 0 Å². The molecule has 0 rings (SSSR count). The van der Waals surface area contributed by atoms with E-state index in [0.29, 0.717) is 12.8 Å². The average molecular weight is 1030 g/mol. The fraction of sp³-hybridized carbons (Fsp3) is 0.750. The second kappa shape index (κ2) is 62.1. The molecule has 0 bridgehead atoms. The van der Waals surface area contributed by atoms with Crippen LogP contribution in [0.1, 0.15) is 310 Å². The van der Waals surface area contributed by atoms with E-state index in [0.717, 1.165) is 77.0 Å². The lowest BCUT2D eigenvalue weighted by Crippen LogP contribution is -2.30. The molecule has 0 saturated heterocycles. The molecule has 1 atom stereocenters. The zero-order valence-electron chi connectivity index (χ0n) is 48.8. The molecule has 0 spiro atoms. The fourth-order valence-electron chi connectivity index (χ4n) is 8.96. The predicted octanol–water partition coefficient (Wildman–Crippen LogP) is 21.5. The number of allylic oxidation sites excluding steroid dienone is 13. The highest BCUT2D eigenvalue weighted by atomic mass is 16.6. The summed E-state index contributed by atoms with van der Waals surface area (Å²) in [5.74, 6) is -1.03. The van der Waals surface area contributed by atoms with Crippen LogP contribution in [0, 0.1) is 0 Å². The first-order chi connectivity index (χ1) is 36.5. The van der Waals surface area contributed by atoms with Gasteiger partial charge in [-0.05, 0) is 77.0 Å². The summed E-state index contributed by atoms with van der Waals surface area (Å²) in [6.45, 7) is 6.44. The van der Waals surface area contributed by atoms with Gasteiger partial charge in [0.1, 0.15) is 13.2 Å². The summed E-state index contributed by atoms with van der Waals surface area (Å²) < 4.78 is 16.7. The molecule has 0 N–H and O–H groups in total. The number of hydrogen-bond acceptors (Lipinski definition) is 6. The van der Waals surface area contributed by atoms with Crippen molar-refractivity contribution in [3.05, 3.63) is 85.1 Å². The Bertz CT molecular complexity index is 1420. The molecule has 0 radical (unpaired) electrons. The quantitative estimate of drug-likeness (QED) is 0.0261. The standard InChI is InChI=1S/C68H118O6/c1-4-7-10-13-16-19-22-24-26-27-28-29-30-31-32-33-34-35-36-37-38-39-40-41-43-44-46-49-52-55-58-61-67(70)73-64-65(63-72-66(69)60-57-54-51-48-21-18-15-12-9-6-3)74-68(71)62-59-56-53-50-47-45-42-25-23-20-17-14-11-8-5-2/h8,11,17,20,22,24-25,27-28,42,47,50,56,59,65H,4-7,9-10,12-16,18-19,21,23,26,29-41,43-46,48-49,51-55,57-58,60-64H2,1-3H3/b11-8-,20-17-,24-22-,28-27-,42-25-,50-47-,59-56-. The van der Waals surface area contributed by atoms with Gasteiger partial charge in [-0.3, -0.25) is 14.4 Å². The number of ether oxygens (including phenoxy) is 3. The molecular formula is C68H118O6. The van der Waals surface area contributed by atoms with Gasteiger partial charge >= 0.3 is 17.9 Å². The van der Waals surface area contributed by atoms with E-state index in [1.165, 1.54) is 193 Å². The third kappa shape index (κ3) is 59.5. The maximum Gasteiger partial charge on any atom is 0.310 e.